The number of likely N-dealkylation sites (tertiary alicyclic amines) is 1. The number of hydrogen-bond acceptors (Lipinski definition) is 3. The molecule has 0 radical (unpaired) electrons. The summed E-state index contributed by atoms with van der Waals surface area (Å²) in [6.07, 6.45) is 3.87. The van der Waals surface area contributed by atoms with Gasteiger partial charge in [0.25, 0.3) is 5.91 Å². The lowest BCUT2D eigenvalue weighted by Gasteiger charge is -2.34. The quantitative estimate of drug-likeness (QED) is 0.621. The molecule has 0 N–H and O–H groups in total. The Labute approximate surface area is 179 Å². The van der Waals surface area contributed by atoms with Crippen LogP contribution in [0, 0.1) is 5.92 Å². The van der Waals surface area contributed by atoms with E-state index in [1.807, 2.05) is 42.5 Å². The van der Waals surface area contributed by atoms with Crippen LogP contribution in [0.4, 0.5) is 8.78 Å². The fraction of sp³-hybridized carbons (Fsp3) is 0.348. The number of imidazole rings is 1. The molecule has 162 valence electrons. The average Bonchev–Trinajstić information content (AvgIpc) is 3.26. The Bertz CT molecular complexity index is 1090. The van der Waals surface area contributed by atoms with Gasteiger partial charge in [0.15, 0.2) is 0 Å². The van der Waals surface area contributed by atoms with Gasteiger partial charge in [0, 0.05) is 38.1 Å². The summed E-state index contributed by atoms with van der Waals surface area (Å²) in [5, 5.41) is 1.88. The molecular weight excluding hydrogens is 402 g/mol. The molecule has 2 aromatic carbocycles. The van der Waals surface area contributed by atoms with Gasteiger partial charge >= 0.3 is 6.55 Å². The van der Waals surface area contributed by atoms with E-state index in [4.69, 9.17) is 0 Å². The molecule has 1 aliphatic heterocycles. The van der Waals surface area contributed by atoms with Crippen molar-refractivity contribution in [3.05, 3.63) is 66.2 Å². The number of carbonyl (C=O) groups excluding carboxylic acids is 2. The number of hydrogen-bond donors (Lipinski definition) is 0. The number of halogens is 2. The van der Waals surface area contributed by atoms with E-state index in [0.717, 1.165) is 15.3 Å². The van der Waals surface area contributed by atoms with Crippen molar-refractivity contribution in [3.8, 4) is 0 Å². The van der Waals surface area contributed by atoms with E-state index in [0.29, 0.717) is 31.5 Å². The number of nitrogens with zero attached hydrogens (tertiary/aromatic N) is 4. The van der Waals surface area contributed by atoms with E-state index in [-0.39, 0.29) is 30.1 Å². The summed E-state index contributed by atoms with van der Waals surface area (Å²) in [4.78, 5) is 33.3. The average molecular weight is 426 g/mol. The van der Waals surface area contributed by atoms with Crippen molar-refractivity contribution >= 4 is 22.6 Å². The van der Waals surface area contributed by atoms with Gasteiger partial charge in [0.2, 0.25) is 5.91 Å². The second-order valence-electron chi connectivity index (χ2n) is 7.84. The summed E-state index contributed by atoms with van der Waals surface area (Å²) in [7, 11) is 1.58. The summed E-state index contributed by atoms with van der Waals surface area (Å²) in [5.41, 5.74) is 0.624. The molecule has 4 rings (SSSR count). The fourth-order valence-electron chi connectivity index (χ4n) is 4.19. The van der Waals surface area contributed by atoms with Gasteiger partial charge < -0.3 is 9.80 Å². The van der Waals surface area contributed by atoms with Crippen LogP contribution in [0.3, 0.4) is 0 Å². The van der Waals surface area contributed by atoms with Gasteiger partial charge in [-0.2, -0.15) is 8.78 Å². The standard InChI is InChI=1S/C23H24F2N4O2/c1-27(15-20-26-11-13-29(20)23(24)25)21(30)17-8-5-12-28(14-17)22(31)19-10-4-7-16-6-2-3-9-18(16)19/h2-4,6-7,9-11,13,17,23H,5,8,12,14-15H2,1H3. The molecule has 1 aliphatic rings. The van der Waals surface area contributed by atoms with Crippen LogP contribution in [0.25, 0.3) is 10.8 Å². The smallest absolute Gasteiger partial charge is 0.319 e. The molecule has 2 amide bonds. The molecule has 1 atom stereocenters. The first kappa shape index (κ1) is 21.0. The minimum Gasteiger partial charge on any atom is -0.338 e. The third kappa shape index (κ3) is 4.28. The molecule has 0 aliphatic carbocycles. The molecule has 8 heteroatoms. The number of piperidine rings is 1. The summed E-state index contributed by atoms with van der Waals surface area (Å²) in [6, 6.07) is 13.4. The largest absolute Gasteiger partial charge is 0.338 e. The summed E-state index contributed by atoms with van der Waals surface area (Å²) >= 11 is 0. The number of fused-ring (bicyclic) bond motifs is 1. The monoisotopic (exact) mass is 426 g/mol. The zero-order valence-electron chi connectivity index (χ0n) is 17.2. The molecule has 1 saturated heterocycles. The van der Waals surface area contributed by atoms with Crippen molar-refractivity contribution in [1.82, 2.24) is 19.4 Å². The first-order valence-corrected chi connectivity index (χ1v) is 10.3. The van der Waals surface area contributed by atoms with Gasteiger partial charge in [0.05, 0.1) is 12.5 Å². The van der Waals surface area contributed by atoms with Gasteiger partial charge in [-0.25, -0.2) is 4.98 Å². The van der Waals surface area contributed by atoms with Crippen molar-refractivity contribution < 1.29 is 18.4 Å². The lowest BCUT2D eigenvalue weighted by molar-refractivity contribution is -0.136. The molecular formula is C23H24F2N4O2. The zero-order chi connectivity index (χ0) is 22.0. The number of benzene rings is 2. The summed E-state index contributed by atoms with van der Waals surface area (Å²) in [6.45, 7) is -1.81. The van der Waals surface area contributed by atoms with E-state index in [9.17, 15) is 18.4 Å². The summed E-state index contributed by atoms with van der Waals surface area (Å²) in [5.74, 6) is -0.498. The van der Waals surface area contributed by atoms with E-state index in [1.165, 1.54) is 17.3 Å². The molecule has 3 aromatic rings. The Morgan fingerprint density at radius 2 is 1.97 bits per heavy atom. The maximum absolute atomic E-state index is 13.2. The Kier molecular flexibility index (Phi) is 5.97. The van der Waals surface area contributed by atoms with Crippen molar-refractivity contribution in [2.24, 2.45) is 5.92 Å². The van der Waals surface area contributed by atoms with E-state index < -0.39 is 6.55 Å². The van der Waals surface area contributed by atoms with E-state index in [2.05, 4.69) is 4.98 Å². The first-order valence-electron chi connectivity index (χ1n) is 10.3. The minimum atomic E-state index is -2.70. The van der Waals surface area contributed by atoms with Crippen LogP contribution in [0.1, 0.15) is 35.6 Å². The molecule has 1 fully saturated rings. The van der Waals surface area contributed by atoms with Crippen LogP contribution in [-0.4, -0.2) is 51.3 Å². The number of rotatable bonds is 5. The van der Waals surface area contributed by atoms with Gasteiger partial charge in [-0.05, 0) is 29.7 Å². The number of alkyl halides is 2. The van der Waals surface area contributed by atoms with Crippen molar-refractivity contribution in [1.29, 1.82) is 0 Å². The first-order chi connectivity index (χ1) is 15.0. The van der Waals surface area contributed by atoms with Gasteiger partial charge in [-0.15, -0.1) is 0 Å². The van der Waals surface area contributed by atoms with Crippen LogP contribution >= 0.6 is 0 Å². The fourth-order valence-corrected chi connectivity index (χ4v) is 4.19. The Balaban J connectivity index is 1.47. The summed E-state index contributed by atoms with van der Waals surface area (Å²) < 4.78 is 26.9. The number of aromatic nitrogens is 2. The highest BCUT2D eigenvalue weighted by atomic mass is 19.3. The Morgan fingerprint density at radius 1 is 1.19 bits per heavy atom. The minimum absolute atomic E-state index is 0.00998. The second-order valence-corrected chi connectivity index (χ2v) is 7.84. The molecule has 1 aromatic heterocycles. The molecule has 0 spiro atoms. The molecule has 31 heavy (non-hydrogen) atoms. The predicted molar refractivity (Wildman–Crippen MR) is 113 cm³/mol. The number of amides is 2. The highest BCUT2D eigenvalue weighted by molar-refractivity contribution is 6.07. The van der Waals surface area contributed by atoms with Gasteiger partial charge in [0.1, 0.15) is 5.82 Å². The van der Waals surface area contributed by atoms with E-state index in [1.54, 1.807) is 11.9 Å². The van der Waals surface area contributed by atoms with Crippen LogP contribution < -0.4 is 0 Å². The lowest BCUT2D eigenvalue weighted by atomic mass is 9.95. The maximum Gasteiger partial charge on any atom is 0.319 e. The van der Waals surface area contributed by atoms with Crippen molar-refractivity contribution in [2.45, 2.75) is 25.9 Å². The second kappa shape index (κ2) is 8.83. The molecule has 1 unspecified atom stereocenters. The van der Waals surface area contributed by atoms with Gasteiger partial charge in [-0.1, -0.05) is 36.4 Å². The third-order valence-corrected chi connectivity index (χ3v) is 5.79. The Hall–Kier alpha value is -3.29. The van der Waals surface area contributed by atoms with Crippen LogP contribution in [0.5, 0.6) is 0 Å². The molecule has 2 heterocycles. The lowest BCUT2D eigenvalue weighted by Crippen LogP contribution is -2.46. The van der Waals surface area contributed by atoms with Crippen molar-refractivity contribution in [2.75, 3.05) is 20.1 Å². The zero-order valence-corrected chi connectivity index (χ0v) is 17.2. The van der Waals surface area contributed by atoms with Crippen LogP contribution in [-0.2, 0) is 11.3 Å². The van der Waals surface area contributed by atoms with Crippen LogP contribution in [0.15, 0.2) is 54.9 Å². The van der Waals surface area contributed by atoms with E-state index >= 15 is 0 Å². The normalized spacial score (nSPS) is 16.6. The maximum atomic E-state index is 13.2. The molecule has 6 nitrogen and oxygen atoms in total. The highest BCUT2D eigenvalue weighted by Gasteiger charge is 2.31. The molecule has 0 saturated carbocycles. The van der Waals surface area contributed by atoms with Gasteiger partial charge in [-0.3, -0.25) is 14.2 Å². The van der Waals surface area contributed by atoms with Crippen LogP contribution in [0.2, 0.25) is 0 Å². The third-order valence-electron chi connectivity index (χ3n) is 5.79. The number of carbonyl (C=O) groups is 2. The highest BCUT2D eigenvalue weighted by Crippen LogP contribution is 2.25. The van der Waals surface area contributed by atoms with Crippen molar-refractivity contribution in [3.63, 3.8) is 0 Å². The SMILES string of the molecule is CN(Cc1nccn1C(F)F)C(=O)C1CCCN(C(=O)c2cccc3ccccc23)C1. The topological polar surface area (TPSA) is 58.4 Å². The Morgan fingerprint density at radius 3 is 2.77 bits per heavy atom. The molecule has 0 bridgehead atoms. The predicted octanol–water partition coefficient (Wildman–Crippen LogP) is 3.94.